The summed E-state index contributed by atoms with van der Waals surface area (Å²) >= 11 is 0. The van der Waals surface area contributed by atoms with Crippen molar-refractivity contribution in [3.63, 3.8) is 0 Å². The Bertz CT molecular complexity index is 516. The van der Waals surface area contributed by atoms with Gasteiger partial charge in [-0.3, -0.25) is 0 Å². The van der Waals surface area contributed by atoms with Crippen molar-refractivity contribution in [3.05, 3.63) is 35.6 Å². The van der Waals surface area contributed by atoms with E-state index in [1.165, 1.54) is 10.9 Å². The number of fused-ring (bicyclic) bond motifs is 1. The lowest BCUT2D eigenvalue weighted by Crippen LogP contribution is -2.39. The summed E-state index contributed by atoms with van der Waals surface area (Å²) in [6.45, 7) is 7.82. The minimum atomic E-state index is 0.333. The predicted molar refractivity (Wildman–Crippen MR) is 75.5 cm³/mol. The molecule has 3 N–H and O–H groups in total. The van der Waals surface area contributed by atoms with Gasteiger partial charge in [-0.05, 0) is 31.0 Å². The highest BCUT2D eigenvalue weighted by Crippen LogP contribution is 2.20. The monoisotopic (exact) mass is 246 g/mol. The van der Waals surface area contributed by atoms with E-state index in [0.717, 1.165) is 17.9 Å². The fourth-order valence-corrected chi connectivity index (χ4v) is 2.13. The molecule has 0 aliphatic carbocycles. The number of aryl methyl sites for hydroxylation is 1. The van der Waals surface area contributed by atoms with Gasteiger partial charge in [0.2, 0.25) is 0 Å². The average Bonchev–Trinajstić information content (AvgIpc) is 2.71. The topological polar surface area (TPSA) is 51.2 Å². The van der Waals surface area contributed by atoms with Gasteiger partial charge >= 0.3 is 0 Å². The van der Waals surface area contributed by atoms with E-state index in [1.807, 2.05) is 6.07 Å². The maximum Gasteiger partial charge on any atom is 0.134 e. The van der Waals surface area contributed by atoms with Crippen molar-refractivity contribution in [1.29, 1.82) is 0 Å². The van der Waals surface area contributed by atoms with Gasteiger partial charge in [0, 0.05) is 18.0 Å². The second-order valence-electron chi connectivity index (χ2n) is 5.22. The third kappa shape index (κ3) is 2.92. The Kier molecular flexibility index (Phi) is 4.04. The molecule has 0 saturated carbocycles. The van der Waals surface area contributed by atoms with Crippen molar-refractivity contribution in [2.45, 2.75) is 33.4 Å². The molecule has 0 bridgehead atoms. The van der Waals surface area contributed by atoms with Crippen LogP contribution in [0.4, 0.5) is 0 Å². The molecule has 0 radical (unpaired) electrons. The third-order valence-electron chi connectivity index (χ3n) is 3.32. The molecule has 3 nitrogen and oxygen atoms in total. The Morgan fingerprint density at radius 3 is 2.72 bits per heavy atom. The largest absolute Gasteiger partial charge is 0.460 e. The van der Waals surface area contributed by atoms with Gasteiger partial charge < -0.3 is 15.5 Å². The Balaban J connectivity index is 2.08. The number of hydrogen-bond acceptors (Lipinski definition) is 3. The first-order valence-electron chi connectivity index (χ1n) is 6.52. The molecule has 0 amide bonds. The molecule has 0 spiro atoms. The van der Waals surface area contributed by atoms with Gasteiger partial charge in [0.15, 0.2) is 0 Å². The van der Waals surface area contributed by atoms with Crippen LogP contribution >= 0.6 is 0 Å². The highest BCUT2D eigenvalue weighted by Gasteiger charge is 2.11. The number of nitrogens with one attached hydrogen (secondary N) is 1. The summed E-state index contributed by atoms with van der Waals surface area (Å²) in [7, 11) is 0. The van der Waals surface area contributed by atoms with Crippen LogP contribution in [0.2, 0.25) is 0 Å². The fourth-order valence-electron chi connectivity index (χ4n) is 2.13. The van der Waals surface area contributed by atoms with Gasteiger partial charge in [-0.25, -0.2) is 0 Å². The summed E-state index contributed by atoms with van der Waals surface area (Å²) in [5, 5.41) is 4.61. The van der Waals surface area contributed by atoms with Crippen LogP contribution in [0.25, 0.3) is 11.0 Å². The molecule has 0 aliphatic heterocycles. The van der Waals surface area contributed by atoms with Gasteiger partial charge in [-0.1, -0.05) is 25.5 Å². The maximum atomic E-state index is 5.79. The second kappa shape index (κ2) is 5.55. The molecule has 0 fully saturated rings. The Morgan fingerprint density at radius 2 is 2.06 bits per heavy atom. The van der Waals surface area contributed by atoms with Crippen molar-refractivity contribution in [2.24, 2.45) is 11.7 Å². The van der Waals surface area contributed by atoms with E-state index < -0.39 is 0 Å². The second-order valence-corrected chi connectivity index (χ2v) is 5.22. The molecule has 1 aromatic carbocycles. The summed E-state index contributed by atoms with van der Waals surface area (Å²) in [5.74, 6) is 1.50. The number of benzene rings is 1. The minimum absolute atomic E-state index is 0.333. The van der Waals surface area contributed by atoms with Gasteiger partial charge in [0.25, 0.3) is 0 Å². The normalized spacial score (nSPS) is 13.4. The average molecular weight is 246 g/mol. The quantitative estimate of drug-likeness (QED) is 0.853. The van der Waals surface area contributed by atoms with Crippen LogP contribution in [0.15, 0.2) is 28.7 Å². The van der Waals surface area contributed by atoms with E-state index in [2.05, 4.69) is 44.3 Å². The first kappa shape index (κ1) is 13.1. The van der Waals surface area contributed by atoms with Crippen molar-refractivity contribution in [1.82, 2.24) is 5.32 Å². The van der Waals surface area contributed by atoms with E-state index in [0.29, 0.717) is 18.5 Å². The molecular formula is C15H22N2O. The standard InChI is InChI=1S/C15H22N2O/c1-10(2)14(8-16)17-9-13-7-12-6-11(3)4-5-15(12)18-13/h4-7,10,14,17H,8-9,16H2,1-3H3. The third-order valence-corrected chi connectivity index (χ3v) is 3.32. The Morgan fingerprint density at radius 1 is 1.28 bits per heavy atom. The van der Waals surface area contributed by atoms with Crippen molar-refractivity contribution < 1.29 is 4.42 Å². The highest BCUT2D eigenvalue weighted by atomic mass is 16.3. The molecule has 1 heterocycles. The molecule has 0 aliphatic rings. The smallest absolute Gasteiger partial charge is 0.134 e. The summed E-state index contributed by atoms with van der Waals surface area (Å²) < 4.78 is 5.79. The van der Waals surface area contributed by atoms with Gasteiger partial charge in [-0.2, -0.15) is 0 Å². The van der Waals surface area contributed by atoms with Gasteiger partial charge in [0.05, 0.1) is 6.54 Å². The molecule has 18 heavy (non-hydrogen) atoms. The van der Waals surface area contributed by atoms with Crippen LogP contribution in [0.1, 0.15) is 25.2 Å². The molecular weight excluding hydrogens is 224 g/mol. The van der Waals surface area contributed by atoms with Crippen LogP contribution in [0, 0.1) is 12.8 Å². The summed E-state index contributed by atoms with van der Waals surface area (Å²) in [6, 6.07) is 8.67. The molecule has 98 valence electrons. The van der Waals surface area contributed by atoms with E-state index in [9.17, 15) is 0 Å². The van der Waals surface area contributed by atoms with E-state index in [1.54, 1.807) is 0 Å². The van der Waals surface area contributed by atoms with E-state index >= 15 is 0 Å². The zero-order valence-electron chi connectivity index (χ0n) is 11.4. The SMILES string of the molecule is Cc1ccc2oc(CNC(CN)C(C)C)cc2c1. The lowest BCUT2D eigenvalue weighted by Gasteiger charge is -2.19. The molecule has 1 unspecified atom stereocenters. The zero-order chi connectivity index (χ0) is 13.1. The van der Waals surface area contributed by atoms with Gasteiger partial charge in [-0.15, -0.1) is 0 Å². The van der Waals surface area contributed by atoms with Crippen LogP contribution in [0.3, 0.4) is 0 Å². The molecule has 2 aromatic rings. The van der Waals surface area contributed by atoms with Crippen molar-refractivity contribution in [2.75, 3.05) is 6.54 Å². The molecule has 2 rings (SSSR count). The fraction of sp³-hybridized carbons (Fsp3) is 0.467. The number of furan rings is 1. The van der Waals surface area contributed by atoms with E-state index in [-0.39, 0.29) is 0 Å². The summed E-state index contributed by atoms with van der Waals surface area (Å²) in [4.78, 5) is 0. The van der Waals surface area contributed by atoms with Crippen LogP contribution in [0.5, 0.6) is 0 Å². The molecule has 1 atom stereocenters. The number of rotatable bonds is 5. The maximum absolute atomic E-state index is 5.79. The minimum Gasteiger partial charge on any atom is -0.460 e. The van der Waals surface area contributed by atoms with E-state index in [4.69, 9.17) is 10.2 Å². The van der Waals surface area contributed by atoms with Gasteiger partial charge in [0.1, 0.15) is 11.3 Å². The Hall–Kier alpha value is -1.32. The van der Waals surface area contributed by atoms with Crippen LogP contribution in [-0.2, 0) is 6.54 Å². The first-order chi connectivity index (χ1) is 8.60. The molecule has 0 saturated heterocycles. The highest BCUT2D eigenvalue weighted by molar-refractivity contribution is 5.78. The summed E-state index contributed by atoms with van der Waals surface area (Å²) in [6.07, 6.45) is 0. The number of nitrogens with two attached hydrogens (primary N) is 1. The number of hydrogen-bond donors (Lipinski definition) is 2. The predicted octanol–water partition coefficient (Wildman–Crippen LogP) is 2.81. The first-order valence-corrected chi connectivity index (χ1v) is 6.52. The lowest BCUT2D eigenvalue weighted by atomic mass is 10.0. The van der Waals surface area contributed by atoms with Crippen LogP contribution in [-0.4, -0.2) is 12.6 Å². The van der Waals surface area contributed by atoms with Crippen molar-refractivity contribution >= 4 is 11.0 Å². The van der Waals surface area contributed by atoms with Crippen molar-refractivity contribution in [3.8, 4) is 0 Å². The van der Waals surface area contributed by atoms with Crippen LogP contribution < -0.4 is 11.1 Å². The Labute approximate surface area is 108 Å². The lowest BCUT2D eigenvalue weighted by molar-refractivity contribution is 0.385. The molecule has 1 aromatic heterocycles. The molecule has 3 heteroatoms. The zero-order valence-corrected chi connectivity index (χ0v) is 11.4. The summed E-state index contributed by atoms with van der Waals surface area (Å²) in [5.41, 5.74) is 7.94.